The Hall–Kier alpha value is -3.40. The number of fused-ring (bicyclic) bond motifs is 2. The Kier molecular flexibility index (Phi) is 4.94. The largest absolute Gasteiger partial charge is 0.374 e. The molecule has 2 aromatic carbocycles. The molecule has 0 saturated carbocycles. The van der Waals surface area contributed by atoms with E-state index in [9.17, 15) is 15.2 Å². The van der Waals surface area contributed by atoms with Gasteiger partial charge in [-0.2, -0.15) is 5.26 Å². The van der Waals surface area contributed by atoms with Crippen molar-refractivity contribution in [2.24, 2.45) is 5.73 Å². The molecule has 0 radical (unpaired) electrons. The monoisotopic (exact) mass is 400 g/mol. The number of carbonyl (C=O) groups is 1. The van der Waals surface area contributed by atoms with Crippen molar-refractivity contribution in [1.82, 2.24) is 9.88 Å². The van der Waals surface area contributed by atoms with Gasteiger partial charge in [0, 0.05) is 35.3 Å². The fourth-order valence-corrected chi connectivity index (χ4v) is 4.44. The van der Waals surface area contributed by atoms with Crippen LogP contribution in [0.4, 0.5) is 0 Å². The Labute approximate surface area is 175 Å². The molecule has 0 spiro atoms. The maximum Gasteiger partial charge on any atom is 0.246 e. The molecule has 1 atom stereocenters. The Morgan fingerprint density at radius 2 is 2.20 bits per heavy atom. The van der Waals surface area contributed by atoms with Crippen LogP contribution in [0.25, 0.3) is 22.0 Å². The lowest BCUT2D eigenvalue weighted by molar-refractivity contribution is -0.126. The molecular formula is C24H24N4O2. The summed E-state index contributed by atoms with van der Waals surface area (Å²) in [7, 11) is 0. The number of nitrogens with zero attached hydrogens (tertiary/aromatic N) is 2. The summed E-state index contributed by atoms with van der Waals surface area (Å²) in [5, 5.41) is 21.0. The number of benzene rings is 2. The smallest absolute Gasteiger partial charge is 0.246 e. The van der Waals surface area contributed by atoms with Crippen LogP contribution in [-0.2, 0) is 17.8 Å². The number of hydrogen-bond acceptors (Lipinski definition) is 4. The van der Waals surface area contributed by atoms with Crippen LogP contribution >= 0.6 is 0 Å². The number of nitrogens with one attached hydrogen (secondary N) is 1. The molecule has 0 aliphatic carbocycles. The van der Waals surface area contributed by atoms with Crippen molar-refractivity contribution >= 4 is 16.8 Å². The van der Waals surface area contributed by atoms with E-state index in [4.69, 9.17) is 5.73 Å². The molecule has 4 N–H and O–H groups in total. The van der Waals surface area contributed by atoms with E-state index < -0.39 is 6.23 Å². The molecule has 0 fully saturated rings. The first-order valence-corrected chi connectivity index (χ1v) is 9.89. The Morgan fingerprint density at radius 3 is 2.87 bits per heavy atom. The number of amides is 1. The maximum atomic E-state index is 12.1. The minimum absolute atomic E-state index is 0.0791. The molecule has 1 aromatic heterocycles. The van der Waals surface area contributed by atoms with Gasteiger partial charge < -0.3 is 20.7 Å². The molecule has 30 heavy (non-hydrogen) atoms. The summed E-state index contributed by atoms with van der Waals surface area (Å²) in [6.07, 6.45) is 0.852. The number of aryl methyl sites for hydroxylation is 2. The molecular weight excluding hydrogens is 376 g/mol. The van der Waals surface area contributed by atoms with E-state index in [1.54, 1.807) is 11.0 Å². The highest BCUT2D eigenvalue weighted by molar-refractivity contribution is 6.03. The van der Waals surface area contributed by atoms with E-state index in [0.29, 0.717) is 30.6 Å². The first kappa shape index (κ1) is 19.9. The van der Waals surface area contributed by atoms with E-state index >= 15 is 0 Å². The van der Waals surface area contributed by atoms with Crippen molar-refractivity contribution in [3.05, 3.63) is 70.4 Å². The van der Waals surface area contributed by atoms with Crippen LogP contribution < -0.4 is 5.73 Å². The first-order valence-electron chi connectivity index (χ1n) is 9.89. The number of nitrogens with two attached hydrogens (primary N) is 1. The SMILES string of the molecule is C=CC(=O)N1CCc2c(cccc2-c2c(C#N)cc(C(N)O)c3[nH]c(C)c(C)c23)C1. The lowest BCUT2D eigenvalue weighted by Gasteiger charge is -2.30. The van der Waals surface area contributed by atoms with E-state index in [-0.39, 0.29) is 5.91 Å². The number of rotatable bonds is 3. The van der Waals surface area contributed by atoms with Gasteiger partial charge in [0.15, 0.2) is 0 Å². The fourth-order valence-electron chi connectivity index (χ4n) is 4.44. The zero-order valence-corrected chi connectivity index (χ0v) is 17.1. The van der Waals surface area contributed by atoms with Crippen LogP contribution in [0.2, 0.25) is 0 Å². The molecule has 1 amide bonds. The van der Waals surface area contributed by atoms with Crippen LogP contribution in [0.3, 0.4) is 0 Å². The standard InChI is InChI=1S/C24H24N4O2/c1-4-20(29)28-9-8-17-15(12-28)6-5-7-18(17)22-16(11-25)10-19(24(26)30)23-21(22)13(2)14(3)27-23/h4-7,10,24,27,30H,1,8-9,12,26H2,2-3H3. The number of carbonyl (C=O) groups excluding carboxylic acids is 1. The fraction of sp³-hybridized carbons (Fsp3) is 0.250. The molecule has 0 bridgehead atoms. The summed E-state index contributed by atoms with van der Waals surface area (Å²) < 4.78 is 0. The van der Waals surface area contributed by atoms with Crippen molar-refractivity contribution in [2.45, 2.75) is 33.0 Å². The minimum Gasteiger partial charge on any atom is -0.374 e. The third kappa shape index (κ3) is 3.00. The summed E-state index contributed by atoms with van der Waals surface area (Å²) in [4.78, 5) is 17.2. The summed E-state index contributed by atoms with van der Waals surface area (Å²) >= 11 is 0. The lowest BCUT2D eigenvalue weighted by atomic mass is 9.85. The van der Waals surface area contributed by atoms with E-state index in [2.05, 4.69) is 17.6 Å². The molecule has 1 aliphatic rings. The predicted molar refractivity (Wildman–Crippen MR) is 116 cm³/mol. The van der Waals surface area contributed by atoms with Gasteiger partial charge >= 0.3 is 0 Å². The second kappa shape index (κ2) is 7.45. The summed E-state index contributed by atoms with van der Waals surface area (Å²) in [5.74, 6) is -0.0791. The summed E-state index contributed by atoms with van der Waals surface area (Å²) in [6.45, 7) is 8.68. The minimum atomic E-state index is -1.19. The topological polar surface area (TPSA) is 106 Å². The Morgan fingerprint density at radius 1 is 1.43 bits per heavy atom. The molecule has 6 nitrogen and oxygen atoms in total. The highest BCUT2D eigenvalue weighted by atomic mass is 16.3. The number of nitriles is 1. The molecule has 152 valence electrons. The highest BCUT2D eigenvalue weighted by Gasteiger charge is 2.26. The van der Waals surface area contributed by atoms with Gasteiger partial charge in [0.05, 0.1) is 17.1 Å². The average molecular weight is 400 g/mol. The van der Waals surface area contributed by atoms with Gasteiger partial charge in [0.2, 0.25) is 5.91 Å². The van der Waals surface area contributed by atoms with Gasteiger partial charge in [-0.25, -0.2) is 0 Å². The normalized spacial score (nSPS) is 14.3. The Bertz CT molecular complexity index is 1230. The number of aromatic nitrogens is 1. The first-order chi connectivity index (χ1) is 14.4. The molecule has 2 heterocycles. The average Bonchev–Trinajstić information content (AvgIpc) is 3.05. The molecule has 6 heteroatoms. The number of aliphatic hydroxyl groups excluding tert-OH is 1. The number of aliphatic hydroxyl groups is 1. The van der Waals surface area contributed by atoms with Gasteiger partial charge in [-0.1, -0.05) is 24.8 Å². The van der Waals surface area contributed by atoms with Gasteiger partial charge in [-0.15, -0.1) is 0 Å². The van der Waals surface area contributed by atoms with Crippen LogP contribution in [0.15, 0.2) is 36.9 Å². The van der Waals surface area contributed by atoms with E-state index in [0.717, 1.165) is 44.4 Å². The van der Waals surface area contributed by atoms with Crippen molar-refractivity contribution in [1.29, 1.82) is 5.26 Å². The summed E-state index contributed by atoms with van der Waals surface area (Å²) in [6, 6.07) is 9.99. The molecule has 1 aliphatic heterocycles. The molecule has 4 rings (SSSR count). The van der Waals surface area contributed by atoms with Crippen LogP contribution in [0.5, 0.6) is 0 Å². The highest BCUT2D eigenvalue weighted by Crippen LogP contribution is 2.41. The third-order valence-corrected chi connectivity index (χ3v) is 6.07. The van der Waals surface area contributed by atoms with Gasteiger partial charge in [-0.3, -0.25) is 4.79 Å². The lowest BCUT2D eigenvalue weighted by Crippen LogP contribution is -2.34. The second-order valence-corrected chi connectivity index (χ2v) is 7.73. The van der Waals surface area contributed by atoms with E-state index in [1.165, 1.54) is 6.08 Å². The maximum absolute atomic E-state index is 12.1. The molecule has 3 aromatic rings. The number of H-pyrrole nitrogens is 1. The number of hydrogen-bond donors (Lipinski definition) is 3. The van der Waals surface area contributed by atoms with E-state index in [1.807, 2.05) is 32.0 Å². The van der Waals surface area contributed by atoms with Crippen molar-refractivity contribution in [3.63, 3.8) is 0 Å². The zero-order chi connectivity index (χ0) is 21.6. The van der Waals surface area contributed by atoms with Gasteiger partial charge in [0.25, 0.3) is 0 Å². The second-order valence-electron chi connectivity index (χ2n) is 7.73. The van der Waals surface area contributed by atoms with Crippen LogP contribution in [-0.4, -0.2) is 27.4 Å². The third-order valence-electron chi connectivity index (χ3n) is 6.07. The van der Waals surface area contributed by atoms with Crippen molar-refractivity contribution in [3.8, 4) is 17.2 Å². The summed E-state index contributed by atoms with van der Waals surface area (Å²) in [5.41, 5.74) is 13.6. The zero-order valence-electron chi connectivity index (χ0n) is 17.1. The van der Waals surface area contributed by atoms with Crippen LogP contribution in [0, 0.1) is 25.2 Å². The van der Waals surface area contributed by atoms with Crippen molar-refractivity contribution in [2.75, 3.05) is 6.54 Å². The van der Waals surface area contributed by atoms with Crippen molar-refractivity contribution < 1.29 is 9.90 Å². The van der Waals surface area contributed by atoms with Crippen LogP contribution in [0.1, 0.15) is 39.7 Å². The van der Waals surface area contributed by atoms with Gasteiger partial charge in [0.1, 0.15) is 6.23 Å². The number of aromatic amines is 1. The molecule has 1 unspecified atom stereocenters. The predicted octanol–water partition coefficient (Wildman–Crippen LogP) is 3.34. The van der Waals surface area contributed by atoms with Gasteiger partial charge in [-0.05, 0) is 54.7 Å². The molecule has 0 saturated heterocycles. The quantitative estimate of drug-likeness (QED) is 0.463. The Balaban J connectivity index is 2.00.